The van der Waals surface area contributed by atoms with E-state index in [9.17, 15) is 0 Å². The van der Waals surface area contributed by atoms with E-state index in [1.54, 1.807) is 0 Å². The fraction of sp³-hybridized carbons (Fsp3) is 0.562. The molecular formula is C16H28SSeSi. The van der Waals surface area contributed by atoms with E-state index >= 15 is 0 Å². The third kappa shape index (κ3) is 7.50. The van der Waals surface area contributed by atoms with Crippen LogP contribution in [-0.4, -0.2) is 33.2 Å². The van der Waals surface area contributed by atoms with Gasteiger partial charge in [0.1, 0.15) is 0 Å². The van der Waals surface area contributed by atoms with E-state index < -0.39 is 8.07 Å². The van der Waals surface area contributed by atoms with Gasteiger partial charge in [-0.15, -0.1) is 0 Å². The molecule has 0 nitrogen and oxygen atoms in total. The number of hydrogen-bond donors (Lipinski definition) is 0. The van der Waals surface area contributed by atoms with Crippen molar-refractivity contribution < 1.29 is 0 Å². The Hall–Kier alpha value is 0.176. The maximum atomic E-state index is 3.91. The van der Waals surface area contributed by atoms with Crippen LogP contribution in [0.15, 0.2) is 38.0 Å². The fourth-order valence-corrected chi connectivity index (χ4v) is 6.58. The van der Waals surface area contributed by atoms with Gasteiger partial charge in [-0.1, -0.05) is 0 Å². The topological polar surface area (TPSA) is 0 Å². The van der Waals surface area contributed by atoms with E-state index in [4.69, 9.17) is 0 Å². The molecule has 108 valence electrons. The summed E-state index contributed by atoms with van der Waals surface area (Å²) in [6.07, 6.45) is 8.99. The zero-order valence-electron chi connectivity index (χ0n) is 12.7. The summed E-state index contributed by atoms with van der Waals surface area (Å²) in [7, 11) is -0.947. The van der Waals surface area contributed by atoms with Crippen LogP contribution in [0.4, 0.5) is 0 Å². The van der Waals surface area contributed by atoms with Crippen LogP contribution in [0.1, 0.15) is 19.3 Å². The molecule has 0 bridgehead atoms. The molecular weight excluding hydrogens is 331 g/mol. The Bertz CT molecular complexity index is 302. The second kappa shape index (κ2) is 9.17. The Morgan fingerprint density at radius 1 is 1.05 bits per heavy atom. The Morgan fingerprint density at radius 2 is 1.47 bits per heavy atom. The van der Waals surface area contributed by atoms with Crippen molar-refractivity contribution in [3.63, 3.8) is 0 Å². The predicted octanol–water partition coefficient (Wildman–Crippen LogP) is 5.07. The minimum atomic E-state index is -0.947. The van der Waals surface area contributed by atoms with Crippen molar-refractivity contribution in [2.75, 3.05) is 5.75 Å². The molecule has 0 amide bonds. The summed E-state index contributed by atoms with van der Waals surface area (Å²) in [5, 5.41) is 0. The molecule has 0 unspecified atom stereocenters. The van der Waals surface area contributed by atoms with Crippen LogP contribution in [-0.2, 0) is 0 Å². The second-order valence-electron chi connectivity index (χ2n) is 6.21. The van der Waals surface area contributed by atoms with Gasteiger partial charge in [0.2, 0.25) is 0 Å². The van der Waals surface area contributed by atoms with Crippen LogP contribution in [0.25, 0.3) is 0 Å². The van der Waals surface area contributed by atoms with E-state index in [0.717, 1.165) is 19.3 Å². The van der Waals surface area contributed by atoms with Gasteiger partial charge in [0.05, 0.1) is 0 Å². The average molecular weight is 360 g/mol. The van der Waals surface area contributed by atoms with Gasteiger partial charge in [-0.2, -0.15) is 0 Å². The molecule has 0 rings (SSSR count). The first-order valence-electron chi connectivity index (χ1n) is 6.81. The van der Waals surface area contributed by atoms with Crippen molar-refractivity contribution in [1.82, 2.24) is 0 Å². The van der Waals surface area contributed by atoms with Crippen LogP contribution in [0.3, 0.4) is 0 Å². The minimum absolute atomic E-state index is 0.120. The zero-order chi connectivity index (χ0) is 14.9. The number of rotatable bonds is 11. The van der Waals surface area contributed by atoms with Crippen LogP contribution in [0.5, 0.6) is 0 Å². The van der Waals surface area contributed by atoms with Gasteiger partial charge in [0.25, 0.3) is 0 Å². The number of thioether (sulfide) groups is 1. The van der Waals surface area contributed by atoms with E-state index in [1.165, 1.54) is 15.5 Å². The first-order valence-corrected chi connectivity index (χ1v) is 12.4. The Kier molecular flexibility index (Phi) is 9.26. The zero-order valence-corrected chi connectivity index (χ0v) is 16.2. The van der Waals surface area contributed by atoms with E-state index in [2.05, 4.69) is 55.0 Å². The Balaban J connectivity index is 4.73. The molecule has 0 saturated carbocycles. The molecule has 0 aromatic carbocycles. The third-order valence-corrected chi connectivity index (χ3v) is 7.99. The van der Waals surface area contributed by atoms with Gasteiger partial charge in [0, 0.05) is 0 Å². The van der Waals surface area contributed by atoms with Crippen LogP contribution in [0.2, 0.25) is 25.7 Å². The van der Waals surface area contributed by atoms with Crippen molar-refractivity contribution in [2.24, 2.45) is 5.41 Å². The van der Waals surface area contributed by atoms with E-state index in [1.807, 2.05) is 30.0 Å². The van der Waals surface area contributed by atoms with E-state index in [-0.39, 0.29) is 5.41 Å². The first-order chi connectivity index (χ1) is 8.81. The van der Waals surface area contributed by atoms with Crippen molar-refractivity contribution in [3.05, 3.63) is 38.0 Å². The molecule has 0 atom stereocenters. The van der Waals surface area contributed by atoms with Crippen molar-refractivity contribution in [2.45, 2.75) is 44.9 Å². The number of allylic oxidation sites excluding steroid dienone is 3. The van der Waals surface area contributed by atoms with Crippen molar-refractivity contribution in [1.29, 1.82) is 0 Å². The molecule has 0 heterocycles. The summed E-state index contributed by atoms with van der Waals surface area (Å²) in [6.45, 7) is 19.0. The Labute approximate surface area is 133 Å². The van der Waals surface area contributed by atoms with Gasteiger partial charge in [-0.05, 0) is 0 Å². The summed E-state index contributed by atoms with van der Waals surface area (Å²) >= 11 is 5.29. The maximum absolute atomic E-state index is 3.91. The normalized spacial score (nSPS) is 11.9. The molecule has 3 heteroatoms. The molecule has 0 radical (unpaired) electrons. The van der Waals surface area contributed by atoms with Crippen LogP contribution >= 0.6 is 11.8 Å². The molecule has 0 aliphatic carbocycles. The summed E-state index contributed by atoms with van der Waals surface area (Å²) in [5.41, 5.74) is 0.120. The van der Waals surface area contributed by atoms with Gasteiger partial charge >= 0.3 is 133 Å². The summed E-state index contributed by atoms with van der Waals surface area (Å²) < 4.78 is 1.39. The van der Waals surface area contributed by atoms with Gasteiger partial charge < -0.3 is 0 Å². The summed E-state index contributed by atoms with van der Waals surface area (Å²) in [6, 6.07) is 1.36. The SMILES string of the molecule is C=CCC(CC=C)(CC=C)C(=[Se])SCC[Si](C)(C)C. The van der Waals surface area contributed by atoms with Crippen molar-refractivity contribution in [3.8, 4) is 0 Å². The van der Waals surface area contributed by atoms with Crippen LogP contribution < -0.4 is 0 Å². The molecule has 0 spiro atoms. The fourth-order valence-electron chi connectivity index (χ4n) is 1.93. The molecule has 0 fully saturated rings. The molecule has 0 aromatic heterocycles. The number of hydrogen-bond acceptors (Lipinski definition) is 1. The average Bonchev–Trinajstić information content (AvgIpc) is 2.28. The standard InChI is InChI=1S/C16H28SSeSi/c1-7-10-16(11-8-2,12-9-3)15(18)17-13-14-19(4,5)6/h7-9H,1-3,10-14H2,4-6H3. The second-order valence-corrected chi connectivity index (χ2v) is 14.4. The molecule has 0 aromatic rings. The Morgan fingerprint density at radius 3 is 1.79 bits per heavy atom. The quantitative estimate of drug-likeness (QED) is 0.367. The predicted molar refractivity (Wildman–Crippen MR) is 98.2 cm³/mol. The van der Waals surface area contributed by atoms with Gasteiger partial charge in [0.15, 0.2) is 0 Å². The monoisotopic (exact) mass is 360 g/mol. The molecule has 0 N–H and O–H groups in total. The van der Waals surface area contributed by atoms with Crippen LogP contribution in [0, 0.1) is 5.41 Å². The summed E-state index contributed by atoms with van der Waals surface area (Å²) in [4.78, 5) is 0. The van der Waals surface area contributed by atoms with Crippen molar-refractivity contribution >= 4 is 39.2 Å². The van der Waals surface area contributed by atoms with E-state index in [0.29, 0.717) is 0 Å². The molecule has 0 saturated heterocycles. The molecule has 0 aliphatic heterocycles. The summed E-state index contributed by atoms with van der Waals surface area (Å²) in [5.74, 6) is 1.21. The first kappa shape index (κ1) is 19.2. The molecule has 0 aliphatic rings. The van der Waals surface area contributed by atoms with Gasteiger partial charge in [-0.25, -0.2) is 0 Å². The third-order valence-electron chi connectivity index (χ3n) is 3.12. The molecule has 19 heavy (non-hydrogen) atoms. The van der Waals surface area contributed by atoms with Gasteiger partial charge in [-0.3, -0.25) is 0 Å².